The van der Waals surface area contributed by atoms with Crippen molar-refractivity contribution in [2.24, 2.45) is 0 Å². The van der Waals surface area contributed by atoms with Crippen LogP contribution in [0, 0.1) is 20.8 Å². The molecule has 0 aliphatic carbocycles. The van der Waals surface area contributed by atoms with Crippen molar-refractivity contribution in [1.29, 1.82) is 0 Å². The highest BCUT2D eigenvalue weighted by Crippen LogP contribution is 2.32. The molecule has 0 bridgehead atoms. The van der Waals surface area contributed by atoms with Crippen molar-refractivity contribution in [1.82, 2.24) is 10.2 Å². The van der Waals surface area contributed by atoms with Gasteiger partial charge in [-0.15, -0.1) is 0 Å². The fourth-order valence-corrected chi connectivity index (χ4v) is 5.10. The molecule has 2 rings (SSSR count). The lowest BCUT2D eigenvalue weighted by Crippen LogP contribution is -2.53. The quantitative estimate of drug-likeness (QED) is 0.181. The van der Waals surface area contributed by atoms with Crippen LogP contribution in [0.1, 0.15) is 81.7 Å². The number of para-hydroxylation sites is 1. The van der Waals surface area contributed by atoms with Crippen molar-refractivity contribution in [2.75, 3.05) is 17.6 Å². The maximum atomic E-state index is 14.2. The molecule has 9 heteroatoms. The number of aryl methyl sites for hydroxylation is 3. The van der Waals surface area contributed by atoms with Crippen molar-refractivity contribution in [2.45, 2.75) is 91.8 Å². The first-order valence-corrected chi connectivity index (χ1v) is 14.8. The minimum absolute atomic E-state index is 0.0360. The average molecular weight is 590 g/mol. The Morgan fingerprint density at radius 3 is 2.12 bits per heavy atom. The molecule has 0 saturated carbocycles. The molecule has 0 radical (unpaired) electrons. The number of hydrogen-bond donors (Lipinski definition) is 3. The van der Waals surface area contributed by atoms with Gasteiger partial charge in [-0.25, -0.2) is 4.79 Å². The SMILES string of the molecule is CCCCCCN(C(=O)C(CS)NC(=O)OC(C)(C)C)C(C(=O)Nc1c(C)cccc1Cl)c1c(C)cccc1C. The Morgan fingerprint density at radius 1 is 0.975 bits per heavy atom. The number of amides is 3. The number of benzene rings is 2. The highest BCUT2D eigenvalue weighted by Gasteiger charge is 2.37. The first kappa shape index (κ1) is 33.5. The van der Waals surface area contributed by atoms with Gasteiger partial charge in [0.2, 0.25) is 5.91 Å². The van der Waals surface area contributed by atoms with Gasteiger partial charge in [0.05, 0.1) is 10.7 Å². The lowest BCUT2D eigenvalue weighted by Gasteiger charge is -2.35. The van der Waals surface area contributed by atoms with Gasteiger partial charge in [0, 0.05) is 12.3 Å². The molecule has 2 N–H and O–H groups in total. The predicted molar refractivity (Wildman–Crippen MR) is 166 cm³/mol. The van der Waals surface area contributed by atoms with Gasteiger partial charge in [0.15, 0.2) is 0 Å². The molecule has 7 nitrogen and oxygen atoms in total. The van der Waals surface area contributed by atoms with Crippen LogP contribution in [-0.4, -0.2) is 46.7 Å². The summed E-state index contributed by atoms with van der Waals surface area (Å²) in [4.78, 5) is 42.5. The van der Waals surface area contributed by atoms with Crippen LogP contribution >= 0.6 is 24.2 Å². The summed E-state index contributed by atoms with van der Waals surface area (Å²) < 4.78 is 5.40. The number of carbonyl (C=O) groups excluding carboxylic acids is 3. The smallest absolute Gasteiger partial charge is 0.408 e. The van der Waals surface area contributed by atoms with Gasteiger partial charge in [-0.1, -0.05) is 68.1 Å². The molecule has 0 fully saturated rings. The van der Waals surface area contributed by atoms with Crippen LogP contribution in [0.25, 0.3) is 0 Å². The Labute approximate surface area is 249 Å². The summed E-state index contributed by atoms with van der Waals surface area (Å²) >= 11 is 10.8. The summed E-state index contributed by atoms with van der Waals surface area (Å²) in [5.74, 6) is -0.752. The molecule has 0 saturated heterocycles. The number of nitrogens with zero attached hydrogens (tertiary/aromatic N) is 1. The lowest BCUT2D eigenvalue weighted by molar-refractivity contribution is -0.140. The minimum atomic E-state index is -0.994. The molecule has 0 heterocycles. The number of halogens is 1. The largest absolute Gasteiger partial charge is 0.444 e. The molecule has 2 unspecified atom stereocenters. The van der Waals surface area contributed by atoms with Crippen molar-refractivity contribution < 1.29 is 19.1 Å². The number of thiol groups is 1. The van der Waals surface area contributed by atoms with Crippen molar-refractivity contribution in [3.63, 3.8) is 0 Å². The van der Waals surface area contributed by atoms with Crippen LogP contribution < -0.4 is 10.6 Å². The van der Waals surface area contributed by atoms with E-state index >= 15 is 0 Å². The maximum Gasteiger partial charge on any atom is 0.408 e. The number of nitrogens with one attached hydrogen (secondary N) is 2. The van der Waals surface area contributed by atoms with E-state index in [1.165, 1.54) is 0 Å². The molecule has 2 aromatic carbocycles. The standard InChI is InChI=1S/C31H44ClN3O4S/c1-8-9-10-11-18-35(29(37)24(19-40)33-30(38)39-31(5,6)7)27(25-20(2)14-12-15-21(25)3)28(36)34-26-22(4)16-13-17-23(26)32/h12-17,24,27,40H,8-11,18-19H2,1-7H3,(H,33,38)(H,34,36). The highest BCUT2D eigenvalue weighted by atomic mass is 35.5. The van der Waals surface area contributed by atoms with E-state index in [9.17, 15) is 14.4 Å². The summed E-state index contributed by atoms with van der Waals surface area (Å²) in [7, 11) is 0. The molecular formula is C31H44ClN3O4S. The number of rotatable bonds is 12. The van der Waals surface area contributed by atoms with Gasteiger partial charge in [0.1, 0.15) is 17.7 Å². The number of carbonyl (C=O) groups is 3. The summed E-state index contributed by atoms with van der Waals surface area (Å²) in [5, 5.41) is 6.08. The number of hydrogen-bond acceptors (Lipinski definition) is 5. The topological polar surface area (TPSA) is 87.7 Å². The van der Waals surface area contributed by atoms with E-state index in [-0.39, 0.29) is 11.7 Å². The van der Waals surface area contributed by atoms with Gasteiger partial charge in [-0.2, -0.15) is 12.6 Å². The third-order valence-corrected chi connectivity index (χ3v) is 7.23. The average Bonchev–Trinajstić information content (AvgIpc) is 2.86. The zero-order valence-corrected chi connectivity index (χ0v) is 26.4. The Kier molecular flexibility index (Phi) is 12.8. The van der Waals surface area contributed by atoms with Gasteiger partial charge >= 0.3 is 6.09 Å². The molecule has 0 aliphatic heterocycles. The summed E-state index contributed by atoms with van der Waals surface area (Å²) in [6.45, 7) is 13.4. The molecule has 3 amide bonds. The van der Waals surface area contributed by atoms with E-state index in [1.54, 1.807) is 31.7 Å². The van der Waals surface area contributed by atoms with Crippen LogP contribution in [0.2, 0.25) is 5.02 Å². The minimum Gasteiger partial charge on any atom is -0.444 e. The molecule has 2 atom stereocenters. The van der Waals surface area contributed by atoms with Crippen LogP contribution in [0.15, 0.2) is 36.4 Å². The van der Waals surface area contributed by atoms with Crippen LogP contribution in [-0.2, 0) is 14.3 Å². The number of unbranched alkanes of at least 4 members (excludes halogenated alkanes) is 3. The molecule has 2 aromatic rings. The molecule has 40 heavy (non-hydrogen) atoms. The highest BCUT2D eigenvalue weighted by molar-refractivity contribution is 7.80. The number of anilines is 1. The maximum absolute atomic E-state index is 14.2. The molecule has 0 aliphatic rings. The number of ether oxygens (including phenoxy) is 1. The predicted octanol–water partition coefficient (Wildman–Crippen LogP) is 7.18. The second-order valence-corrected chi connectivity index (χ2v) is 11.9. The molecule has 0 spiro atoms. The van der Waals surface area contributed by atoms with E-state index in [2.05, 4.69) is 30.2 Å². The van der Waals surface area contributed by atoms with Gasteiger partial charge < -0.3 is 20.3 Å². The van der Waals surface area contributed by atoms with E-state index in [0.717, 1.165) is 41.5 Å². The Hall–Kier alpha value is -2.71. The lowest BCUT2D eigenvalue weighted by atomic mass is 9.93. The van der Waals surface area contributed by atoms with E-state index < -0.39 is 29.7 Å². The van der Waals surface area contributed by atoms with Gasteiger partial charge in [0.25, 0.3) is 5.91 Å². The first-order valence-electron chi connectivity index (χ1n) is 13.8. The van der Waals surface area contributed by atoms with Crippen LogP contribution in [0.4, 0.5) is 10.5 Å². The van der Waals surface area contributed by atoms with Crippen LogP contribution in [0.3, 0.4) is 0 Å². The molecule has 220 valence electrons. The van der Waals surface area contributed by atoms with Crippen molar-refractivity contribution in [3.8, 4) is 0 Å². The normalized spacial score (nSPS) is 12.8. The summed E-state index contributed by atoms with van der Waals surface area (Å²) in [6.07, 6.45) is 2.92. The Balaban J connectivity index is 2.59. The third-order valence-electron chi connectivity index (χ3n) is 6.55. The third kappa shape index (κ3) is 9.44. The fourth-order valence-electron chi connectivity index (χ4n) is 4.58. The van der Waals surface area contributed by atoms with Crippen molar-refractivity contribution in [3.05, 3.63) is 63.7 Å². The van der Waals surface area contributed by atoms with Gasteiger partial charge in [-0.05, 0) is 76.3 Å². The zero-order chi connectivity index (χ0) is 30.0. The van der Waals surface area contributed by atoms with E-state index in [1.807, 2.05) is 51.1 Å². The van der Waals surface area contributed by atoms with E-state index in [4.69, 9.17) is 16.3 Å². The summed E-state index contributed by atoms with van der Waals surface area (Å²) in [5.41, 5.74) is 3.07. The second kappa shape index (κ2) is 15.3. The molecular weight excluding hydrogens is 546 g/mol. The van der Waals surface area contributed by atoms with Gasteiger partial charge in [-0.3, -0.25) is 9.59 Å². The fraction of sp³-hybridized carbons (Fsp3) is 0.516. The monoisotopic (exact) mass is 589 g/mol. The van der Waals surface area contributed by atoms with Crippen LogP contribution in [0.5, 0.6) is 0 Å². The first-order chi connectivity index (χ1) is 18.8. The molecule has 0 aromatic heterocycles. The number of alkyl carbamates (subject to hydrolysis) is 1. The van der Waals surface area contributed by atoms with Crippen molar-refractivity contribution >= 4 is 47.8 Å². The second-order valence-electron chi connectivity index (χ2n) is 11.1. The Morgan fingerprint density at radius 2 is 1.57 bits per heavy atom. The van der Waals surface area contributed by atoms with E-state index in [0.29, 0.717) is 23.7 Å². The summed E-state index contributed by atoms with van der Waals surface area (Å²) in [6, 6.07) is 9.23. The Bertz CT molecular complexity index is 1140. The zero-order valence-electron chi connectivity index (χ0n) is 24.8.